The summed E-state index contributed by atoms with van der Waals surface area (Å²) in [4.78, 5) is 0. The van der Waals surface area contributed by atoms with E-state index >= 15 is 0 Å². The third-order valence-electron chi connectivity index (χ3n) is 0. The predicted octanol–water partition coefficient (Wildman–Crippen LogP) is 0.346. The van der Waals surface area contributed by atoms with Crippen molar-refractivity contribution >= 4 is 0 Å². The van der Waals surface area contributed by atoms with Gasteiger partial charge in [0.15, 0.2) is 0 Å². The molecule has 0 fully saturated rings. The molecule has 0 saturated carbocycles. The molecule has 33 valence electrons. The average molecular weight is 121 g/mol. The topological polar surface area (TPSA) is 34.1 Å². The second-order valence-electron chi connectivity index (χ2n) is 0.0630. The molecule has 5 heavy (non-hydrogen) atoms. The number of alkyl halides is 1. The molecule has 0 N–H and O–H groups in total. The van der Waals surface area contributed by atoms with Crippen molar-refractivity contribution in [2.45, 2.75) is 0 Å². The Morgan fingerprint density at radius 2 is 1.40 bits per heavy atom. The van der Waals surface area contributed by atoms with Gasteiger partial charge in [0.1, 0.15) is 0 Å². The van der Waals surface area contributed by atoms with Crippen LogP contribution >= 0.6 is 0 Å². The van der Waals surface area contributed by atoms with Crippen molar-refractivity contribution in [3.63, 3.8) is 0 Å². The Hall–Kier alpha value is 0.0495. The van der Waals surface area contributed by atoms with Gasteiger partial charge in [-0.05, 0) is 0 Å². The summed E-state index contributed by atoms with van der Waals surface area (Å²) in [6.45, 7) is 0. The quantitative estimate of drug-likeness (QED) is 0.433. The second kappa shape index (κ2) is 34.2. The average Bonchev–Trinajstić information content (AvgIpc) is 1.46. The van der Waals surface area contributed by atoms with Crippen LogP contribution in [0.2, 0.25) is 0 Å². The maximum atomic E-state index is 9.50. The molecule has 0 saturated heterocycles. The van der Waals surface area contributed by atoms with Gasteiger partial charge < -0.3 is 0 Å². The summed E-state index contributed by atoms with van der Waals surface area (Å²) in [5.41, 5.74) is 0. The van der Waals surface area contributed by atoms with E-state index in [0.717, 1.165) is 0 Å². The zero-order chi connectivity index (χ0) is 4.71. The Labute approximate surface area is 34.9 Å². The van der Waals surface area contributed by atoms with Gasteiger partial charge in [-0.1, -0.05) is 0 Å². The molecule has 0 spiro atoms. The van der Waals surface area contributed by atoms with Crippen LogP contribution in [0.15, 0.2) is 0 Å². The van der Waals surface area contributed by atoms with Crippen molar-refractivity contribution in [1.82, 2.24) is 0 Å². The number of rotatable bonds is 0. The number of hydrogen-bond donors (Lipinski definition) is 0. The van der Waals surface area contributed by atoms with Crippen LogP contribution in [0.25, 0.3) is 0 Å². The summed E-state index contributed by atoms with van der Waals surface area (Å²) in [5, 5.41) is 0. The standard InChI is InChI=1S/CH3F.Mn.2O/c1-2;;;/h1H3;;;. The van der Waals surface area contributed by atoms with E-state index in [4.69, 9.17) is 7.67 Å². The minimum atomic E-state index is -1.44. The van der Waals surface area contributed by atoms with Gasteiger partial charge in [0.05, 0.1) is 7.18 Å². The summed E-state index contributed by atoms with van der Waals surface area (Å²) < 4.78 is 26.3. The zero-order valence-electron chi connectivity index (χ0n) is 2.57. The SMILES string of the molecule is CF.[O]=[Mn]=[O]. The minimum absolute atomic E-state index is 0.500. The Bertz CT molecular complexity index is 30.6. The Kier molecular flexibility index (Phi) is 60.9. The number of halogens is 1. The molecule has 0 amide bonds. The molecule has 0 rings (SSSR count). The van der Waals surface area contributed by atoms with Gasteiger partial charge in [-0.3, -0.25) is 4.39 Å². The third kappa shape index (κ3) is 6950. The first-order valence-electron chi connectivity index (χ1n) is 0.687. The molecule has 0 aromatic rings. The van der Waals surface area contributed by atoms with E-state index in [-0.39, 0.29) is 0 Å². The molecule has 0 unspecified atom stereocenters. The molecule has 0 aliphatic rings. The first kappa shape index (κ1) is 8.90. The van der Waals surface area contributed by atoms with Gasteiger partial charge in [0.25, 0.3) is 0 Å². The molecule has 0 radical (unpaired) electrons. The van der Waals surface area contributed by atoms with Crippen molar-refractivity contribution < 1.29 is 26.9 Å². The normalized spacial score (nSPS) is 3.60. The molecule has 0 aliphatic carbocycles. The number of hydrogen-bond acceptors (Lipinski definition) is 2. The molecule has 4 heteroatoms. The van der Waals surface area contributed by atoms with Crippen molar-refractivity contribution in [3.8, 4) is 0 Å². The summed E-state index contributed by atoms with van der Waals surface area (Å²) in [6.07, 6.45) is 0. The molecule has 0 atom stereocenters. The molecular formula is CH3FMnO2. The van der Waals surface area contributed by atoms with Crippen LogP contribution < -0.4 is 0 Å². The molecular weight excluding hydrogens is 118 g/mol. The van der Waals surface area contributed by atoms with Crippen LogP contribution in [-0.2, 0) is 22.5 Å². The van der Waals surface area contributed by atoms with E-state index < -0.39 is 14.8 Å². The van der Waals surface area contributed by atoms with Gasteiger partial charge in [-0.15, -0.1) is 0 Å². The van der Waals surface area contributed by atoms with E-state index in [1.165, 1.54) is 0 Å². The summed E-state index contributed by atoms with van der Waals surface area (Å²) >= 11 is -1.44. The molecule has 0 bridgehead atoms. The van der Waals surface area contributed by atoms with Crippen molar-refractivity contribution in [3.05, 3.63) is 0 Å². The fourth-order valence-corrected chi connectivity index (χ4v) is 0. The van der Waals surface area contributed by atoms with Crippen LogP contribution in [0.5, 0.6) is 0 Å². The molecule has 0 aromatic heterocycles. The van der Waals surface area contributed by atoms with Gasteiger partial charge in [0, 0.05) is 0 Å². The third-order valence-corrected chi connectivity index (χ3v) is 0. The Balaban J connectivity index is 0. The van der Waals surface area contributed by atoms with E-state index in [1.54, 1.807) is 0 Å². The predicted molar refractivity (Wildman–Crippen MR) is 8.41 cm³/mol. The molecule has 0 aromatic carbocycles. The fraction of sp³-hybridized carbons (Fsp3) is 1.00. The van der Waals surface area contributed by atoms with E-state index in [9.17, 15) is 4.39 Å². The van der Waals surface area contributed by atoms with Crippen LogP contribution in [0.1, 0.15) is 0 Å². The Morgan fingerprint density at radius 3 is 1.40 bits per heavy atom. The maximum absolute atomic E-state index is 9.50. The summed E-state index contributed by atoms with van der Waals surface area (Å²) in [6, 6.07) is 0. The van der Waals surface area contributed by atoms with Crippen LogP contribution in [0.3, 0.4) is 0 Å². The van der Waals surface area contributed by atoms with E-state index in [1.807, 2.05) is 0 Å². The van der Waals surface area contributed by atoms with Gasteiger partial charge in [-0.2, -0.15) is 0 Å². The van der Waals surface area contributed by atoms with Crippen molar-refractivity contribution in [2.75, 3.05) is 7.18 Å². The molecule has 0 heterocycles. The van der Waals surface area contributed by atoms with Crippen LogP contribution in [0.4, 0.5) is 4.39 Å². The van der Waals surface area contributed by atoms with Crippen molar-refractivity contribution in [2.24, 2.45) is 0 Å². The van der Waals surface area contributed by atoms with Gasteiger partial charge >= 0.3 is 22.5 Å². The molecule has 2 nitrogen and oxygen atoms in total. The zero-order valence-corrected chi connectivity index (χ0v) is 3.75. The van der Waals surface area contributed by atoms with Crippen LogP contribution in [0, 0.1) is 0 Å². The first-order valence-corrected chi connectivity index (χ1v) is 1.65. The van der Waals surface area contributed by atoms with E-state index in [2.05, 4.69) is 0 Å². The van der Waals surface area contributed by atoms with Gasteiger partial charge in [0.2, 0.25) is 0 Å². The second-order valence-corrected chi connectivity index (χ2v) is 0.260. The summed E-state index contributed by atoms with van der Waals surface area (Å²) in [5.74, 6) is 0. The van der Waals surface area contributed by atoms with Gasteiger partial charge in [-0.25, -0.2) is 0 Å². The first-order chi connectivity index (χ1) is 2.41. The fourth-order valence-electron chi connectivity index (χ4n) is 0. The van der Waals surface area contributed by atoms with Crippen molar-refractivity contribution in [1.29, 1.82) is 0 Å². The molecule has 0 aliphatic heterocycles. The monoisotopic (exact) mass is 121 g/mol. The van der Waals surface area contributed by atoms with E-state index in [0.29, 0.717) is 7.18 Å². The summed E-state index contributed by atoms with van der Waals surface area (Å²) in [7, 11) is 0.500. The van der Waals surface area contributed by atoms with Crippen LogP contribution in [-0.4, -0.2) is 7.18 Å². The Morgan fingerprint density at radius 1 is 1.40 bits per heavy atom.